The first kappa shape index (κ1) is 15.1. The summed E-state index contributed by atoms with van der Waals surface area (Å²) in [5.74, 6) is 0.305. The fraction of sp³-hybridized carbons (Fsp3) is 0.133. The van der Waals surface area contributed by atoms with E-state index in [9.17, 15) is 14.9 Å². The molecule has 0 heterocycles. The molecular formula is C15H13NO4S. The Morgan fingerprint density at radius 2 is 1.95 bits per heavy atom. The van der Waals surface area contributed by atoms with Gasteiger partial charge in [-0.15, -0.1) is 11.8 Å². The van der Waals surface area contributed by atoms with Crippen LogP contribution in [0.15, 0.2) is 53.4 Å². The van der Waals surface area contributed by atoms with Crippen LogP contribution in [0.2, 0.25) is 0 Å². The van der Waals surface area contributed by atoms with Crippen LogP contribution >= 0.6 is 11.8 Å². The van der Waals surface area contributed by atoms with E-state index in [2.05, 4.69) is 0 Å². The fourth-order valence-corrected chi connectivity index (χ4v) is 2.32. The zero-order valence-corrected chi connectivity index (χ0v) is 12.1. The molecule has 0 atom stereocenters. The molecule has 2 rings (SSSR count). The van der Waals surface area contributed by atoms with Crippen LogP contribution in [0.4, 0.5) is 5.69 Å². The molecule has 0 aliphatic heterocycles. The molecule has 6 heteroatoms. The summed E-state index contributed by atoms with van der Waals surface area (Å²) in [7, 11) is 0. The molecule has 0 aliphatic carbocycles. The van der Waals surface area contributed by atoms with Gasteiger partial charge in [0, 0.05) is 17.0 Å². The average Bonchev–Trinajstić information content (AvgIpc) is 2.45. The minimum Gasteiger partial charge on any atom is -0.426 e. The Balaban J connectivity index is 1.87. The molecule has 5 nitrogen and oxygen atoms in total. The fourth-order valence-electron chi connectivity index (χ4n) is 1.65. The summed E-state index contributed by atoms with van der Waals surface area (Å²) in [6.07, 6.45) is 0. The highest BCUT2D eigenvalue weighted by atomic mass is 32.2. The molecule has 0 saturated carbocycles. The SMILES string of the molecule is Cc1cccc(OC(=O)CSc2ccc([N+](=O)[O-])cc2)c1. The van der Waals surface area contributed by atoms with Crippen molar-refractivity contribution in [2.24, 2.45) is 0 Å². The number of thioether (sulfide) groups is 1. The summed E-state index contributed by atoms with van der Waals surface area (Å²) in [4.78, 5) is 22.6. The first-order valence-electron chi connectivity index (χ1n) is 6.19. The molecule has 0 aliphatic rings. The molecule has 0 spiro atoms. The molecule has 2 aromatic carbocycles. The standard InChI is InChI=1S/C15H13NO4S/c1-11-3-2-4-13(9-11)20-15(17)10-21-14-7-5-12(6-8-14)16(18)19/h2-9H,10H2,1H3. The minimum absolute atomic E-state index is 0.0293. The number of hydrogen-bond acceptors (Lipinski definition) is 5. The number of esters is 1. The van der Waals surface area contributed by atoms with Crippen LogP contribution in [-0.2, 0) is 4.79 Å². The number of aryl methyl sites for hydroxylation is 1. The lowest BCUT2D eigenvalue weighted by Gasteiger charge is -2.05. The number of rotatable bonds is 5. The normalized spacial score (nSPS) is 10.1. The largest absolute Gasteiger partial charge is 0.426 e. The highest BCUT2D eigenvalue weighted by molar-refractivity contribution is 8.00. The number of carbonyl (C=O) groups is 1. The van der Waals surface area contributed by atoms with Crippen LogP contribution < -0.4 is 4.74 Å². The highest BCUT2D eigenvalue weighted by Crippen LogP contribution is 2.22. The summed E-state index contributed by atoms with van der Waals surface area (Å²) in [5.41, 5.74) is 1.05. The number of ether oxygens (including phenoxy) is 1. The molecule has 2 aromatic rings. The molecule has 0 saturated heterocycles. The summed E-state index contributed by atoms with van der Waals surface area (Å²) < 4.78 is 5.21. The third kappa shape index (κ3) is 4.61. The van der Waals surface area contributed by atoms with Crippen molar-refractivity contribution < 1.29 is 14.5 Å². The van der Waals surface area contributed by atoms with E-state index in [1.807, 2.05) is 19.1 Å². The third-order valence-corrected chi connectivity index (χ3v) is 3.61. The monoisotopic (exact) mass is 303 g/mol. The number of benzene rings is 2. The Hall–Kier alpha value is -2.34. The molecule has 0 amide bonds. The first-order chi connectivity index (χ1) is 10.0. The molecule has 0 unspecified atom stereocenters. The minimum atomic E-state index is -0.458. The van der Waals surface area contributed by atoms with E-state index in [0.717, 1.165) is 10.5 Å². The lowest BCUT2D eigenvalue weighted by Crippen LogP contribution is -2.10. The zero-order chi connectivity index (χ0) is 15.2. The topological polar surface area (TPSA) is 69.4 Å². The third-order valence-electron chi connectivity index (χ3n) is 2.63. The smallest absolute Gasteiger partial charge is 0.321 e. The molecule has 108 valence electrons. The van der Waals surface area contributed by atoms with Gasteiger partial charge in [-0.2, -0.15) is 0 Å². The van der Waals surface area contributed by atoms with E-state index in [1.165, 1.54) is 23.9 Å². The second-order valence-corrected chi connectivity index (χ2v) is 5.38. The van der Waals surface area contributed by atoms with Crippen molar-refractivity contribution in [3.63, 3.8) is 0 Å². The maximum absolute atomic E-state index is 11.7. The van der Waals surface area contributed by atoms with E-state index >= 15 is 0 Å². The maximum Gasteiger partial charge on any atom is 0.321 e. The summed E-state index contributed by atoms with van der Waals surface area (Å²) in [6, 6.07) is 13.3. The number of nitrogens with zero attached hydrogens (tertiary/aromatic N) is 1. The molecule has 0 bridgehead atoms. The summed E-state index contributed by atoms with van der Waals surface area (Å²) in [5, 5.41) is 10.5. The van der Waals surface area contributed by atoms with E-state index in [4.69, 9.17) is 4.74 Å². The molecular weight excluding hydrogens is 290 g/mol. The van der Waals surface area contributed by atoms with E-state index in [0.29, 0.717) is 5.75 Å². The Labute approximate surface area is 126 Å². The van der Waals surface area contributed by atoms with Gasteiger partial charge in [0.05, 0.1) is 10.7 Å². The van der Waals surface area contributed by atoms with E-state index < -0.39 is 4.92 Å². The quantitative estimate of drug-likeness (QED) is 0.277. The van der Waals surface area contributed by atoms with Gasteiger partial charge in [0.1, 0.15) is 5.75 Å². The van der Waals surface area contributed by atoms with Crippen LogP contribution in [0.25, 0.3) is 0 Å². The Morgan fingerprint density at radius 1 is 1.24 bits per heavy atom. The Kier molecular flexibility index (Phi) is 4.94. The van der Waals surface area contributed by atoms with Crippen molar-refractivity contribution >= 4 is 23.4 Å². The molecule has 0 N–H and O–H groups in total. The van der Waals surface area contributed by atoms with Crippen LogP contribution in [-0.4, -0.2) is 16.6 Å². The second kappa shape index (κ2) is 6.90. The number of nitro benzene ring substituents is 1. The van der Waals surface area contributed by atoms with Crippen LogP contribution in [0.3, 0.4) is 0 Å². The zero-order valence-electron chi connectivity index (χ0n) is 11.3. The predicted octanol–water partition coefficient (Wildman–Crippen LogP) is 3.60. The van der Waals surface area contributed by atoms with Crippen LogP contribution in [0.1, 0.15) is 5.56 Å². The first-order valence-corrected chi connectivity index (χ1v) is 7.18. The molecule has 21 heavy (non-hydrogen) atoms. The molecule has 0 aromatic heterocycles. The van der Waals surface area contributed by atoms with Crippen molar-refractivity contribution in [3.05, 3.63) is 64.2 Å². The summed E-state index contributed by atoms with van der Waals surface area (Å²) in [6.45, 7) is 1.92. The van der Waals surface area contributed by atoms with Gasteiger partial charge in [0.2, 0.25) is 0 Å². The van der Waals surface area contributed by atoms with Crippen molar-refractivity contribution in [1.29, 1.82) is 0 Å². The van der Waals surface area contributed by atoms with Gasteiger partial charge in [0.15, 0.2) is 0 Å². The maximum atomic E-state index is 11.7. The van der Waals surface area contributed by atoms with Gasteiger partial charge in [-0.1, -0.05) is 12.1 Å². The lowest BCUT2D eigenvalue weighted by molar-refractivity contribution is -0.384. The predicted molar refractivity (Wildman–Crippen MR) is 80.6 cm³/mol. The lowest BCUT2D eigenvalue weighted by atomic mass is 10.2. The van der Waals surface area contributed by atoms with E-state index in [1.54, 1.807) is 24.3 Å². The van der Waals surface area contributed by atoms with Crippen molar-refractivity contribution in [2.45, 2.75) is 11.8 Å². The summed E-state index contributed by atoms with van der Waals surface area (Å²) >= 11 is 1.28. The van der Waals surface area contributed by atoms with Crippen molar-refractivity contribution in [3.8, 4) is 5.75 Å². The van der Waals surface area contributed by atoms with Crippen LogP contribution in [0.5, 0.6) is 5.75 Å². The molecule has 0 radical (unpaired) electrons. The van der Waals surface area contributed by atoms with Crippen molar-refractivity contribution in [1.82, 2.24) is 0 Å². The van der Waals surface area contributed by atoms with Gasteiger partial charge < -0.3 is 4.74 Å². The van der Waals surface area contributed by atoms with Gasteiger partial charge >= 0.3 is 5.97 Å². The van der Waals surface area contributed by atoms with Gasteiger partial charge in [-0.3, -0.25) is 14.9 Å². The Bertz CT molecular complexity index is 655. The number of nitro groups is 1. The average molecular weight is 303 g/mol. The Morgan fingerprint density at radius 3 is 2.57 bits per heavy atom. The van der Waals surface area contributed by atoms with Gasteiger partial charge in [0.25, 0.3) is 5.69 Å². The van der Waals surface area contributed by atoms with Crippen LogP contribution in [0, 0.1) is 17.0 Å². The second-order valence-electron chi connectivity index (χ2n) is 4.33. The van der Waals surface area contributed by atoms with Crippen molar-refractivity contribution in [2.75, 3.05) is 5.75 Å². The van der Waals surface area contributed by atoms with Gasteiger partial charge in [-0.25, -0.2) is 0 Å². The number of carbonyl (C=O) groups excluding carboxylic acids is 1. The van der Waals surface area contributed by atoms with E-state index in [-0.39, 0.29) is 17.4 Å². The molecule has 0 fully saturated rings. The number of hydrogen-bond donors (Lipinski definition) is 0. The van der Waals surface area contributed by atoms with Gasteiger partial charge in [-0.05, 0) is 36.8 Å². The highest BCUT2D eigenvalue weighted by Gasteiger charge is 2.08. The number of non-ortho nitro benzene ring substituents is 1.